The van der Waals surface area contributed by atoms with Gasteiger partial charge in [-0.05, 0) is 20.3 Å². The molecule has 0 saturated carbocycles. The van der Waals surface area contributed by atoms with Crippen LogP contribution in [0.1, 0.15) is 37.7 Å². The predicted molar refractivity (Wildman–Crippen MR) is 89.0 cm³/mol. The number of imidazole rings is 1. The SMILES string of the molecule is CCn1ccnc1CN1CC[C@H](N(Cc2ncc(C)o2)C(C)=O)C1. The number of likely N-dealkylation sites (tertiary alicyclic amines) is 1. The Balaban J connectivity index is 1.62. The van der Waals surface area contributed by atoms with Crippen molar-refractivity contribution in [2.24, 2.45) is 0 Å². The van der Waals surface area contributed by atoms with E-state index in [0.717, 1.165) is 44.2 Å². The summed E-state index contributed by atoms with van der Waals surface area (Å²) in [7, 11) is 0. The molecule has 1 fully saturated rings. The molecular weight excluding hydrogens is 306 g/mol. The van der Waals surface area contributed by atoms with Crippen LogP contribution in [-0.2, 0) is 24.4 Å². The van der Waals surface area contributed by atoms with E-state index in [4.69, 9.17) is 4.42 Å². The van der Waals surface area contributed by atoms with Crippen LogP contribution in [0.5, 0.6) is 0 Å². The lowest BCUT2D eigenvalue weighted by atomic mass is 10.2. The number of aromatic nitrogens is 3. The number of amides is 1. The normalized spacial score (nSPS) is 18.2. The highest BCUT2D eigenvalue weighted by molar-refractivity contribution is 5.73. The average Bonchev–Trinajstić information content (AvgIpc) is 3.26. The van der Waals surface area contributed by atoms with E-state index in [-0.39, 0.29) is 11.9 Å². The molecule has 1 saturated heterocycles. The van der Waals surface area contributed by atoms with Gasteiger partial charge in [0.1, 0.15) is 11.6 Å². The molecule has 24 heavy (non-hydrogen) atoms. The van der Waals surface area contributed by atoms with Crippen molar-refractivity contribution in [2.45, 2.75) is 52.9 Å². The Morgan fingerprint density at radius 1 is 1.46 bits per heavy atom. The molecule has 130 valence electrons. The molecule has 7 nitrogen and oxygen atoms in total. The number of aryl methyl sites for hydroxylation is 2. The zero-order valence-corrected chi connectivity index (χ0v) is 14.6. The minimum atomic E-state index is 0.0627. The van der Waals surface area contributed by atoms with E-state index in [1.54, 1.807) is 13.1 Å². The third-order valence-electron chi connectivity index (χ3n) is 4.57. The molecule has 2 aromatic heterocycles. The van der Waals surface area contributed by atoms with Gasteiger partial charge in [-0.1, -0.05) is 0 Å². The molecule has 0 spiro atoms. The molecule has 1 aliphatic heterocycles. The molecule has 1 aliphatic rings. The number of carbonyl (C=O) groups excluding carboxylic acids is 1. The summed E-state index contributed by atoms with van der Waals surface area (Å²) in [5.41, 5.74) is 0. The van der Waals surface area contributed by atoms with Crippen LogP contribution in [-0.4, -0.2) is 49.4 Å². The van der Waals surface area contributed by atoms with Crippen molar-refractivity contribution < 1.29 is 9.21 Å². The van der Waals surface area contributed by atoms with Gasteiger partial charge in [0.05, 0.1) is 19.3 Å². The largest absolute Gasteiger partial charge is 0.444 e. The topological polar surface area (TPSA) is 67.4 Å². The van der Waals surface area contributed by atoms with Gasteiger partial charge in [0.15, 0.2) is 0 Å². The van der Waals surface area contributed by atoms with Crippen LogP contribution in [0, 0.1) is 6.92 Å². The number of hydrogen-bond acceptors (Lipinski definition) is 5. The molecule has 7 heteroatoms. The second-order valence-electron chi connectivity index (χ2n) is 6.32. The molecule has 1 atom stereocenters. The van der Waals surface area contributed by atoms with Crippen molar-refractivity contribution in [3.05, 3.63) is 36.1 Å². The van der Waals surface area contributed by atoms with Crippen LogP contribution in [0.3, 0.4) is 0 Å². The minimum Gasteiger partial charge on any atom is -0.444 e. The lowest BCUT2D eigenvalue weighted by Gasteiger charge is -2.27. The van der Waals surface area contributed by atoms with Gasteiger partial charge in [0, 0.05) is 45.0 Å². The Morgan fingerprint density at radius 2 is 2.29 bits per heavy atom. The van der Waals surface area contributed by atoms with Crippen LogP contribution >= 0.6 is 0 Å². The van der Waals surface area contributed by atoms with Crippen LogP contribution < -0.4 is 0 Å². The Hall–Kier alpha value is -2.15. The molecule has 0 aliphatic carbocycles. The maximum Gasteiger partial charge on any atom is 0.220 e. The standard InChI is InChI=1S/C17H25N5O2/c1-4-21-8-6-18-16(21)11-20-7-5-15(10-20)22(14(3)23)12-17-19-9-13(2)24-17/h6,8-9,15H,4-5,7,10-12H2,1-3H3/t15-/m0/s1. The van der Waals surface area contributed by atoms with E-state index in [9.17, 15) is 4.79 Å². The summed E-state index contributed by atoms with van der Waals surface area (Å²) < 4.78 is 7.69. The summed E-state index contributed by atoms with van der Waals surface area (Å²) >= 11 is 0. The van der Waals surface area contributed by atoms with Crippen LogP contribution in [0.15, 0.2) is 23.0 Å². The third kappa shape index (κ3) is 3.67. The number of rotatable bonds is 6. The lowest BCUT2D eigenvalue weighted by Crippen LogP contribution is -2.40. The Labute approximate surface area is 142 Å². The van der Waals surface area contributed by atoms with Gasteiger partial charge in [-0.3, -0.25) is 9.69 Å². The van der Waals surface area contributed by atoms with E-state index in [2.05, 4.69) is 26.4 Å². The van der Waals surface area contributed by atoms with Crippen LogP contribution in [0.4, 0.5) is 0 Å². The van der Waals surface area contributed by atoms with Gasteiger partial charge in [-0.2, -0.15) is 0 Å². The monoisotopic (exact) mass is 331 g/mol. The fourth-order valence-corrected chi connectivity index (χ4v) is 3.31. The van der Waals surface area contributed by atoms with Crippen molar-refractivity contribution in [1.29, 1.82) is 0 Å². The Morgan fingerprint density at radius 3 is 2.96 bits per heavy atom. The number of carbonyl (C=O) groups is 1. The van der Waals surface area contributed by atoms with E-state index in [1.165, 1.54) is 0 Å². The van der Waals surface area contributed by atoms with Gasteiger partial charge in [0.25, 0.3) is 0 Å². The summed E-state index contributed by atoms with van der Waals surface area (Å²) in [6.07, 6.45) is 6.51. The first-order chi connectivity index (χ1) is 11.6. The third-order valence-corrected chi connectivity index (χ3v) is 4.57. The van der Waals surface area contributed by atoms with Gasteiger partial charge in [-0.25, -0.2) is 9.97 Å². The summed E-state index contributed by atoms with van der Waals surface area (Å²) in [5, 5.41) is 0. The second-order valence-corrected chi connectivity index (χ2v) is 6.32. The zero-order chi connectivity index (χ0) is 17.1. The average molecular weight is 331 g/mol. The summed E-state index contributed by atoms with van der Waals surface area (Å²) in [6.45, 7) is 9.60. The Bertz CT molecular complexity index is 693. The van der Waals surface area contributed by atoms with Crippen LogP contribution in [0.25, 0.3) is 0 Å². The number of hydrogen-bond donors (Lipinski definition) is 0. The van der Waals surface area contributed by atoms with E-state index in [1.807, 2.05) is 24.2 Å². The molecule has 0 aromatic carbocycles. The van der Waals surface area contributed by atoms with Crippen molar-refractivity contribution in [3.63, 3.8) is 0 Å². The molecule has 0 bridgehead atoms. The van der Waals surface area contributed by atoms with Crippen molar-refractivity contribution in [3.8, 4) is 0 Å². The second kappa shape index (κ2) is 7.17. The van der Waals surface area contributed by atoms with E-state index < -0.39 is 0 Å². The summed E-state index contributed by atoms with van der Waals surface area (Å²) in [4.78, 5) is 25.0. The molecule has 0 N–H and O–H groups in total. The maximum absolute atomic E-state index is 12.1. The van der Waals surface area contributed by atoms with Crippen LogP contribution in [0.2, 0.25) is 0 Å². The predicted octanol–water partition coefficient (Wildman–Crippen LogP) is 1.82. The molecule has 0 unspecified atom stereocenters. The van der Waals surface area contributed by atoms with Crippen molar-refractivity contribution >= 4 is 5.91 Å². The molecular formula is C17H25N5O2. The maximum atomic E-state index is 12.1. The van der Waals surface area contributed by atoms with Crippen molar-refractivity contribution in [1.82, 2.24) is 24.3 Å². The first-order valence-electron chi connectivity index (χ1n) is 8.47. The van der Waals surface area contributed by atoms with Gasteiger partial charge < -0.3 is 13.9 Å². The highest BCUT2D eigenvalue weighted by Gasteiger charge is 2.30. The molecule has 1 amide bonds. The fourth-order valence-electron chi connectivity index (χ4n) is 3.31. The number of nitrogens with zero attached hydrogens (tertiary/aromatic N) is 5. The zero-order valence-electron chi connectivity index (χ0n) is 14.6. The summed E-state index contributed by atoms with van der Waals surface area (Å²) in [6, 6.07) is 0.194. The van der Waals surface area contributed by atoms with Crippen molar-refractivity contribution in [2.75, 3.05) is 13.1 Å². The molecule has 3 rings (SSSR count). The fraction of sp³-hybridized carbons (Fsp3) is 0.588. The highest BCUT2D eigenvalue weighted by atomic mass is 16.4. The molecule has 3 heterocycles. The van der Waals surface area contributed by atoms with Gasteiger partial charge in [0.2, 0.25) is 11.8 Å². The van der Waals surface area contributed by atoms with E-state index >= 15 is 0 Å². The molecule has 2 aromatic rings. The first kappa shape index (κ1) is 16.7. The highest BCUT2D eigenvalue weighted by Crippen LogP contribution is 2.20. The smallest absolute Gasteiger partial charge is 0.220 e. The Kier molecular flexibility index (Phi) is 4.99. The summed E-state index contributed by atoms with van der Waals surface area (Å²) in [5.74, 6) is 2.51. The van der Waals surface area contributed by atoms with Gasteiger partial charge >= 0.3 is 0 Å². The minimum absolute atomic E-state index is 0.0627. The number of oxazole rings is 1. The van der Waals surface area contributed by atoms with Gasteiger partial charge in [-0.15, -0.1) is 0 Å². The van der Waals surface area contributed by atoms with E-state index in [0.29, 0.717) is 12.4 Å². The first-order valence-corrected chi connectivity index (χ1v) is 8.47. The lowest BCUT2D eigenvalue weighted by molar-refractivity contribution is -0.132. The quantitative estimate of drug-likeness (QED) is 0.808. The molecule has 0 radical (unpaired) electrons.